The van der Waals surface area contributed by atoms with Gasteiger partial charge >= 0.3 is 6.09 Å². The zero-order valence-electron chi connectivity index (χ0n) is 10.6. The van der Waals surface area contributed by atoms with Crippen LogP contribution in [0.1, 0.15) is 32.6 Å². The van der Waals surface area contributed by atoms with Crippen LogP contribution in [0.5, 0.6) is 0 Å². The van der Waals surface area contributed by atoms with Crippen molar-refractivity contribution in [2.45, 2.75) is 32.6 Å². The van der Waals surface area contributed by atoms with E-state index in [4.69, 9.17) is 26.2 Å². The fraction of sp³-hybridized carbons (Fsp3) is 0.727. The largest absolute Gasteiger partial charge is 0.481 e. The van der Waals surface area contributed by atoms with Crippen molar-refractivity contribution >= 4 is 17.9 Å². The van der Waals surface area contributed by atoms with Crippen molar-refractivity contribution in [3.63, 3.8) is 0 Å². The smallest absolute Gasteiger partial charge is 0.407 e. The van der Waals surface area contributed by atoms with Crippen LogP contribution < -0.4 is 5.73 Å². The number of nitrogens with two attached hydrogens (primary N) is 1. The van der Waals surface area contributed by atoms with Gasteiger partial charge in [-0.05, 0) is 25.2 Å². The molecule has 1 rings (SSSR count). The van der Waals surface area contributed by atoms with E-state index in [0.29, 0.717) is 25.4 Å². The first-order valence-corrected chi connectivity index (χ1v) is 5.83. The van der Waals surface area contributed by atoms with Crippen molar-refractivity contribution in [2.24, 2.45) is 11.7 Å². The van der Waals surface area contributed by atoms with Gasteiger partial charge in [0.15, 0.2) is 0 Å². The second-order valence-electron chi connectivity index (χ2n) is 4.30. The summed E-state index contributed by atoms with van der Waals surface area (Å²) in [5.74, 6) is -0.0693. The molecule has 0 aromatic carbocycles. The second-order valence-corrected chi connectivity index (χ2v) is 4.30. The lowest BCUT2D eigenvalue weighted by molar-refractivity contribution is -0.134. The minimum Gasteiger partial charge on any atom is -0.481 e. The molecule has 104 valence electrons. The van der Waals surface area contributed by atoms with Gasteiger partial charge in [0.25, 0.3) is 5.97 Å². The summed E-state index contributed by atoms with van der Waals surface area (Å²) in [5, 5.41) is 23.2. The number of rotatable bonds is 3. The zero-order valence-corrected chi connectivity index (χ0v) is 10.6. The van der Waals surface area contributed by atoms with Crippen LogP contribution in [-0.2, 0) is 4.79 Å². The third kappa shape index (κ3) is 8.37. The molecule has 0 aliphatic carbocycles. The summed E-state index contributed by atoms with van der Waals surface area (Å²) in [5.41, 5.74) is 5.26. The predicted molar refractivity (Wildman–Crippen MR) is 66.8 cm³/mol. The van der Waals surface area contributed by atoms with Crippen molar-refractivity contribution in [3.05, 3.63) is 0 Å². The minimum atomic E-state index is -0.833. The Hall–Kier alpha value is -1.79. The van der Waals surface area contributed by atoms with E-state index in [1.165, 1.54) is 4.90 Å². The Kier molecular flexibility index (Phi) is 7.50. The molecule has 7 nitrogen and oxygen atoms in total. The first-order valence-electron chi connectivity index (χ1n) is 5.83. The predicted octanol–water partition coefficient (Wildman–Crippen LogP) is 1.18. The molecular formula is C11H21N3O4. The molecule has 1 heterocycles. The number of piperidine rings is 1. The van der Waals surface area contributed by atoms with Crippen LogP contribution in [-0.4, -0.2) is 46.1 Å². The van der Waals surface area contributed by atoms with Crippen LogP contribution in [0, 0.1) is 11.3 Å². The number of carboxylic acid groups (broad SMARTS) is 2. The van der Waals surface area contributed by atoms with E-state index in [1.807, 2.05) is 0 Å². The SMILES string of the molecule is CC(=O)O.N=C(N)CCC1CCN(C(=O)O)CC1. The molecule has 0 radical (unpaired) electrons. The number of nitrogens with one attached hydrogen (secondary N) is 1. The van der Waals surface area contributed by atoms with Crippen LogP contribution in [0.2, 0.25) is 0 Å². The van der Waals surface area contributed by atoms with E-state index in [1.54, 1.807) is 0 Å². The summed E-state index contributed by atoms with van der Waals surface area (Å²) in [6, 6.07) is 0. The lowest BCUT2D eigenvalue weighted by Gasteiger charge is -2.29. The normalized spacial score (nSPS) is 15.5. The highest BCUT2D eigenvalue weighted by atomic mass is 16.4. The zero-order chi connectivity index (χ0) is 14.1. The van der Waals surface area contributed by atoms with Crippen LogP contribution in [0.25, 0.3) is 0 Å². The quantitative estimate of drug-likeness (QED) is 0.447. The van der Waals surface area contributed by atoms with Gasteiger partial charge < -0.3 is 20.8 Å². The first kappa shape index (κ1) is 16.2. The molecule has 0 aromatic rings. The highest BCUT2D eigenvalue weighted by Crippen LogP contribution is 2.21. The van der Waals surface area contributed by atoms with Gasteiger partial charge in [-0.2, -0.15) is 0 Å². The van der Waals surface area contributed by atoms with E-state index in [-0.39, 0.29) is 5.84 Å². The number of nitrogens with zero attached hydrogens (tertiary/aromatic N) is 1. The lowest BCUT2D eigenvalue weighted by Crippen LogP contribution is -2.37. The first-order chi connectivity index (χ1) is 8.32. The molecular weight excluding hydrogens is 238 g/mol. The Bertz CT molecular complexity index is 295. The average Bonchev–Trinajstić information content (AvgIpc) is 2.26. The Labute approximate surface area is 106 Å². The van der Waals surface area contributed by atoms with Crippen molar-refractivity contribution in [1.29, 1.82) is 5.41 Å². The van der Waals surface area contributed by atoms with Crippen molar-refractivity contribution < 1.29 is 19.8 Å². The number of carbonyl (C=O) groups is 2. The maximum Gasteiger partial charge on any atom is 0.407 e. The number of amides is 1. The molecule has 7 heteroatoms. The van der Waals surface area contributed by atoms with Crippen LogP contribution in [0.4, 0.5) is 4.79 Å². The van der Waals surface area contributed by atoms with Gasteiger partial charge in [-0.3, -0.25) is 10.2 Å². The lowest BCUT2D eigenvalue weighted by atomic mass is 9.92. The van der Waals surface area contributed by atoms with E-state index in [9.17, 15) is 4.79 Å². The summed E-state index contributed by atoms with van der Waals surface area (Å²) in [6.07, 6.45) is 2.54. The van der Waals surface area contributed by atoms with Gasteiger partial charge in [0.2, 0.25) is 0 Å². The van der Waals surface area contributed by atoms with E-state index >= 15 is 0 Å². The summed E-state index contributed by atoms with van der Waals surface area (Å²) < 4.78 is 0. The molecule has 0 saturated carbocycles. The van der Waals surface area contributed by atoms with Gasteiger partial charge in [0, 0.05) is 26.4 Å². The second kappa shape index (κ2) is 8.32. The van der Waals surface area contributed by atoms with Crippen molar-refractivity contribution in [3.8, 4) is 0 Å². The number of likely N-dealkylation sites (tertiary alicyclic amines) is 1. The van der Waals surface area contributed by atoms with Crippen LogP contribution >= 0.6 is 0 Å². The topological polar surface area (TPSA) is 128 Å². The van der Waals surface area contributed by atoms with Crippen LogP contribution in [0.15, 0.2) is 0 Å². The standard InChI is InChI=1S/C9H17N3O2.C2H4O2/c10-8(11)2-1-7-3-5-12(6-4-7)9(13)14;1-2(3)4/h7H,1-6H2,(H3,10,11)(H,13,14);1H3,(H,3,4). The molecule has 0 bridgehead atoms. The van der Waals surface area contributed by atoms with Gasteiger partial charge in [0.1, 0.15) is 0 Å². The van der Waals surface area contributed by atoms with E-state index in [2.05, 4.69) is 0 Å². The third-order valence-corrected chi connectivity index (χ3v) is 2.71. The maximum absolute atomic E-state index is 10.6. The molecule has 1 saturated heterocycles. The van der Waals surface area contributed by atoms with Crippen LogP contribution in [0.3, 0.4) is 0 Å². The molecule has 1 amide bonds. The molecule has 0 atom stereocenters. The molecule has 0 unspecified atom stereocenters. The summed E-state index contributed by atoms with van der Waals surface area (Å²) in [4.78, 5) is 21.0. The summed E-state index contributed by atoms with van der Waals surface area (Å²) in [6.45, 7) is 2.33. The Balaban J connectivity index is 0.000000631. The van der Waals surface area contributed by atoms with Gasteiger partial charge in [-0.15, -0.1) is 0 Å². The number of hydrogen-bond acceptors (Lipinski definition) is 3. The number of hydrogen-bond donors (Lipinski definition) is 4. The highest BCUT2D eigenvalue weighted by molar-refractivity contribution is 5.76. The summed E-state index contributed by atoms with van der Waals surface area (Å²) >= 11 is 0. The molecule has 0 aromatic heterocycles. The maximum atomic E-state index is 10.6. The Morgan fingerprint density at radius 1 is 1.33 bits per heavy atom. The average molecular weight is 259 g/mol. The number of amidine groups is 1. The minimum absolute atomic E-state index is 0.227. The molecule has 1 aliphatic heterocycles. The fourth-order valence-corrected chi connectivity index (χ4v) is 1.77. The molecule has 18 heavy (non-hydrogen) atoms. The molecule has 1 fully saturated rings. The molecule has 0 spiro atoms. The Morgan fingerprint density at radius 2 is 1.78 bits per heavy atom. The fourth-order valence-electron chi connectivity index (χ4n) is 1.77. The Morgan fingerprint density at radius 3 is 2.11 bits per heavy atom. The molecule has 5 N–H and O–H groups in total. The number of carboxylic acids is 1. The third-order valence-electron chi connectivity index (χ3n) is 2.71. The summed E-state index contributed by atoms with van der Waals surface area (Å²) in [7, 11) is 0. The van der Waals surface area contributed by atoms with E-state index < -0.39 is 12.1 Å². The van der Waals surface area contributed by atoms with Crippen molar-refractivity contribution in [2.75, 3.05) is 13.1 Å². The van der Waals surface area contributed by atoms with E-state index in [0.717, 1.165) is 26.2 Å². The van der Waals surface area contributed by atoms with Crippen molar-refractivity contribution in [1.82, 2.24) is 4.90 Å². The monoisotopic (exact) mass is 259 g/mol. The molecule has 1 aliphatic rings. The van der Waals surface area contributed by atoms with Gasteiger partial charge in [0.05, 0.1) is 5.84 Å². The number of aliphatic carboxylic acids is 1. The van der Waals surface area contributed by atoms with Gasteiger partial charge in [-0.25, -0.2) is 4.79 Å². The van der Waals surface area contributed by atoms with Gasteiger partial charge in [-0.1, -0.05) is 0 Å². The highest BCUT2D eigenvalue weighted by Gasteiger charge is 2.21.